The molecule has 0 aromatic carbocycles. The number of rotatable bonds is 6. The van der Waals surface area contributed by atoms with Gasteiger partial charge in [0.15, 0.2) is 0 Å². The molecule has 0 spiro atoms. The predicted octanol–water partition coefficient (Wildman–Crippen LogP) is 1.76. The minimum atomic E-state index is -0.309. The van der Waals surface area contributed by atoms with Gasteiger partial charge in [-0.1, -0.05) is 0 Å². The van der Waals surface area contributed by atoms with Crippen molar-refractivity contribution in [3.05, 3.63) is 0 Å². The first-order chi connectivity index (χ1) is 6.28. The van der Waals surface area contributed by atoms with Gasteiger partial charge in [0.25, 0.3) is 0 Å². The van der Waals surface area contributed by atoms with Crippen LogP contribution < -0.4 is 0 Å². The highest BCUT2D eigenvalue weighted by atomic mass is 35.5. The molecule has 72 valence electrons. The number of halogens is 2. The van der Waals surface area contributed by atoms with E-state index in [1.54, 1.807) is 0 Å². The van der Waals surface area contributed by atoms with E-state index in [-0.39, 0.29) is 36.8 Å². The van der Waals surface area contributed by atoms with Crippen LogP contribution in [0.3, 0.4) is 0 Å². The molecule has 5 heteroatoms. The molecule has 0 radical (unpaired) electrons. The molecule has 0 aromatic rings. The van der Waals surface area contributed by atoms with E-state index in [2.05, 4.69) is 0 Å². The summed E-state index contributed by atoms with van der Waals surface area (Å²) in [6, 6.07) is 3.98. The molecular weight excluding hydrogens is 211 g/mol. The molecule has 3 nitrogen and oxygen atoms in total. The van der Waals surface area contributed by atoms with Crippen LogP contribution in [0, 0.1) is 34.5 Å². The SMILES string of the molecule is N#CC(CCl)COCC(C#N)CCl. The number of alkyl halides is 2. The first kappa shape index (κ1) is 12.5. The summed E-state index contributed by atoms with van der Waals surface area (Å²) >= 11 is 10.9. The van der Waals surface area contributed by atoms with E-state index in [0.717, 1.165) is 0 Å². The second-order valence-corrected chi connectivity index (χ2v) is 3.12. The van der Waals surface area contributed by atoms with Crippen molar-refractivity contribution in [2.45, 2.75) is 0 Å². The second-order valence-electron chi connectivity index (χ2n) is 2.50. The summed E-state index contributed by atoms with van der Waals surface area (Å²) in [5.41, 5.74) is 0. The van der Waals surface area contributed by atoms with Crippen LogP contribution in [0.15, 0.2) is 0 Å². The molecule has 0 heterocycles. The summed E-state index contributed by atoms with van der Waals surface area (Å²) in [6.45, 7) is 0.518. The van der Waals surface area contributed by atoms with Crippen molar-refractivity contribution < 1.29 is 4.74 Å². The van der Waals surface area contributed by atoms with Gasteiger partial charge >= 0.3 is 0 Å². The third-order valence-corrected chi connectivity index (χ3v) is 2.12. The first-order valence-electron chi connectivity index (χ1n) is 3.77. The van der Waals surface area contributed by atoms with Crippen LogP contribution in [0.25, 0.3) is 0 Å². The van der Waals surface area contributed by atoms with Gasteiger partial charge in [-0.05, 0) is 0 Å². The zero-order valence-electron chi connectivity index (χ0n) is 7.04. The molecule has 0 rings (SSSR count). The highest BCUT2D eigenvalue weighted by molar-refractivity contribution is 6.18. The molecule has 0 aliphatic carbocycles. The van der Waals surface area contributed by atoms with Gasteiger partial charge in [0, 0.05) is 11.8 Å². The predicted molar refractivity (Wildman–Crippen MR) is 50.5 cm³/mol. The van der Waals surface area contributed by atoms with E-state index in [1.165, 1.54) is 0 Å². The molecule has 0 N–H and O–H groups in total. The van der Waals surface area contributed by atoms with Crippen molar-refractivity contribution in [3.63, 3.8) is 0 Å². The van der Waals surface area contributed by atoms with Gasteiger partial charge in [0.1, 0.15) is 0 Å². The minimum Gasteiger partial charge on any atom is -0.379 e. The molecule has 0 fully saturated rings. The van der Waals surface area contributed by atoms with Crippen molar-refractivity contribution in [2.75, 3.05) is 25.0 Å². The fourth-order valence-electron chi connectivity index (χ4n) is 0.585. The molecule has 0 bridgehead atoms. The van der Waals surface area contributed by atoms with E-state index in [1.807, 2.05) is 12.1 Å². The van der Waals surface area contributed by atoms with Gasteiger partial charge in [-0.3, -0.25) is 0 Å². The minimum absolute atomic E-state index is 0.245. The normalized spacial score (nSPS) is 14.2. The van der Waals surface area contributed by atoms with Gasteiger partial charge in [-0.25, -0.2) is 0 Å². The first-order valence-corrected chi connectivity index (χ1v) is 4.84. The Labute approximate surface area is 87.8 Å². The van der Waals surface area contributed by atoms with Crippen LogP contribution in [0.5, 0.6) is 0 Å². The fraction of sp³-hybridized carbons (Fsp3) is 0.750. The Kier molecular flexibility index (Phi) is 7.83. The summed E-state index contributed by atoms with van der Waals surface area (Å²) in [5.74, 6) is -0.129. The summed E-state index contributed by atoms with van der Waals surface area (Å²) in [5, 5.41) is 17.0. The molecular formula is C8H10Cl2N2O. The average molecular weight is 221 g/mol. The Balaban J connectivity index is 3.56. The highest BCUT2D eigenvalue weighted by Gasteiger charge is 2.09. The van der Waals surface area contributed by atoms with Gasteiger partial charge in [-0.15, -0.1) is 23.2 Å². The van der Waals surface area contributed by atoms with Gasteiger partial charge in [0.2, 0.25) is 0 Å². The van der Waals surface area contributed by atoms with Crippen LogP contribution in [-0.4, -0.2) is 25.0 Å². The summed E-state index contributed by atoms with van der Waals surface area (Å²) in [6.07, 6.45) is 0. The monoisotopic (exact) mass is 220 g/mol. The van der Waals surface area contributed by atoms with E-state index in [9.17, 15) is 0 Å². The number of ether oxygens (including phenoxy) is 1. The fourth-order valence-corrected chi connectivity index (χ4v) is 0.901. The lowest BCUT2D eigenvalue weighted by Crippen LogP contribution is -2.15. The third kappa shape index (κ3) is 5.71. The second kappa shape index (κ2) is 8.13. The zero-order valence-corrected chi connectivity index (χ0v) is 8.55. The summed E-state index contributed by atoms with van der Waals surface area (Å²) in [4.78, 5) is 0. The Morgan fingerprint density at radius 1 is 1.00 bits per heavy atom. The molecule has 0 aliphatic heterocycles. The topological polar surface area (TPSA) is 56.8 Å². The quantitative estimate of drug-likeness (QED) is 0.642. The van der Waals surface area contributed by atoms with E-state index in [4.69, 9.17) is 38.5 Å². The highest BCUT2D eigenvalue weighted by Crippen LogP contribution is 2.02. The number of nitrogens with zero attached hydrogens (tertiary/aromatic N) is 2. The molecule has 0 aliphatic rings. The Hall–Kier alpha value is -0.480. The van der Waals surface area contributed by atoms with E-state index >= 15 is 0 Å². The van der Waals surface area contributed by atoms with Crippen LogP contribution in [0.2, 0.25) is 0 Å². The van der Waals surface area contributed by atoms with E-state index < -0.39 is 0 Å². The Bertz CT molecular complexity index is 187. The van der Waals surface area contributed by atoms with Gasteiger partial charge < -0.3 is 4.74 Å². The van der Waals surface area contributed by atoms with Crippen molar-refractivity contribution in [1.29, 1.82) is 10.5 Å². The van der Waals surface area contributed by atoms with Crippen molar-refractivity contribution >= 4 is 23.2 Å². The molecule has 0 saturated heterocycles. The number of hydrogen-bond donors (Lipinski definition) is 0. The Morgan fingerprint density at radius 2 is 1.38 bits per heavy atom. The van der Waals surface area contributed by atoms with Crippen LogP contribution in [0.4, 0.5) is 0 Å². The van der Waals surface area contributed by atoms with Crippen molar-refractivity contribution in [1.82, 2.24) is 0 Å². The molecule has 13 heavy (non-hydrogen) atoms. The largest absolute Gasteiger partial charge is 0.379 e. The molecule has 0 aromatic heterocycles. The van der Waals surface area contributed by atoms with Crippen LogP contribution >= 0.6 is 23.2 Å². The van der Waals surface area contributed by atoms with Gasteiger partial charge in [-0.2, -0.15) is 10.5 Å². The molecule has 0 amide bonds. The summed E-state index contributed by atoms with van der Waals surface area (Å²) in [7, 11) is 0. The number of nitriles is 2. The Morgan fingerprint density at radius 3 is 1.62 bits per heavy atom. The third-order valence-electron chi connectivity index (χ3n) is 1.38. The van der Waals surface area contributed by atoms with Crippen LogP contribution in [-0.2, 0) is 4.74 Å². The number of hydrogen-bond acceptors (Lipinski definition) is 3. The maximum Gasteiger partial charge on any atom is 0.0832 e. The lowest BCUT2D eigenvalue weighted by Gasteiger charge is -2.08. The van der Waals surface area contributed by atoms with E-state index in [0.29, 0.717) is 0 Å². The standard InChI is InChI=1S/C8H10Cl2N2O/c9-1-7(3-11)5-13-6-8(2-10)4-12/h7-8H,1-2,5-6H2. The maximum atomic E-state index is 8.50. The molecule has 2 unspecified atom stereocenters. The van der Waals surface area contributed by atoms with Crippen molar-refractivity contribution in [3.8, 4) is 12.1 Å². The lowest BCUT2D eigenvalue weighted by atomic mass is 10.2. The van der Waals surface area contributed by atoms with Crippen LogP contribution in [0.1, 0.15) is 0 Å². The summed E-state index contributed by atoms with van der Waals surface area (Å²) < 4.78 is 5.11. The lowest BCUT2D eigenvalue weighted by molar-refractivity contribution is 0.105. The maximum absolute atomic E-state index is 8.50. The smallest absolute Gasteiger partial charge is 0.0832 e. The average Bonchev–Trinajstić information content (AvgIpc) is 2.19. The van der Waals surface area contributed by atoms with Gasteiger partial charge in [0.05, 0.1) is 37.2 Å². The molecule has 2 atom stereocenters. The molecule has 0 saturated carbocycles. The van der Waals surface area contributed by atoms with Crippen molar-refractivity contribution in [2.24, 2.45) is 11.8 Å². The zero-order chi connectivity index (χ0) is 10.1.